The molecule has 8 heteroatoms. The van der Waals surface area contributed by atoms with E-state index in [1.165, 1.54) is 42.4 Å². The van der Waals surface area contributed by atoms with Gasteiger partial charge in [0.1, 0.15) is 0 Å². The number of rotatable bonds is 2. The maximum Gasteiger partial charge on any atom is 0.264 e. The average Bonchev–Trinajstić information content (AvgIpc) is 3.19. The van der Waals surface area contributed by atoms with E-state index in [-0.39, 0.29) is 5.91 Å². The lowest BCUT2D eigenvalue weighted by Crippen LogP contribution is -2.22. The first-order valence-electron chi connectivity index (χ1n) is 7.60. The van der Waals surface area contributed by atoms with Crippen LogP contribution in [-0.4, -0.2) is 26.5 Å². The Kier molecular flexibility index (Phi) is 4.17. The van der Waals surface area contributed by atoms with E-state index in [9.17, 15) is 4.79 Å². The molecule has 2 aromatic rings. The lowest BCUT2D eigenvalue weighted by molar-refractivity contribution is -0.115. The predicted octanol–water partition coefficient (Wildman–Crippen LogP) is 3.94. The molecule has 1 N–H and O–H groups in total. The number of amidine groups is 1. The molecule has 1 saturated heterocycles. The highest BCUT2D eigenvalue weighted by Crippen LogP contribution is 2.31. The molecule has 1 aliphatic heterocycles. The Labute approximate surface area is 146 Å². The van der Waals surface area contributed by atoms with Gasteiger partial charge in [0, 0.05) is 11.6 Å². The minimum atomic E-state index is -0.120. The van der Waals surface area contributed by atoms with E-state index in [4.69, 9.17) is 16.6 Å². The van der Waals surface area contributed by atoms with Crippen molar-refractivity contribution in [1.29, 1.82) is 0 Å². The zero-order valence-electron chi connectivity index (χ0n) is 12.3. The van der Waals surface area contributed by atoms with Crippen molar-refractivity contribution in [1.82, 2.24) is 14.7 Å². The summed E-state index contributed by atoms with van der Waals surface area (Å²) in [6, 6.07) is 0.341. The summed E-state index contributed by atoms with van der Waals surface area (Å²) in [5, 5.41) is 5.92. The summed E-state index contributed by atoms with van der Waals surface area (Å²) >= 11 is 9.08. The van der Waals surface area contributed by atoms with Gasteiger partial charge in [0.25, 0.3) is 5.91 Å². The van der Waals surface area contributed by atoms with Crippen molar-refractivity contribution in [3.63, 3.8) is 0 Å². The summed E-state index contributed by atoms with van der Waals surface area (Å²) in [7, 11) is 0. The number of amides is 1. The Balaban J connectivity index is 1.59. The van der Waals surface area contributed by atoms with Crippen LogP contribution in [0.2, 0.25) is 5.15 Å². The fourth-order valence-electron chi connectivity index (χ4n) is 2.89. The lowest BCUT2D eigenvalue weighted by Gasteiger charge is -2.17. The lowest BCUT2D eigenvalue weighted by atomic mass is 9.96. The molecule has 0 unspecified atom stereocenters. The molecule has 1 aliphatic carbocycles. The number of aliphatic imine (C=N–C) groups is 1. The molecular formula is C15H15ClN4OS2. The third-order valence-corrected chi connectivity index (χ3v) is 6.01. The van der Waals surface area contributed by atoms with Gasteiger partial charge in [-0.3, -0.25) is 14.2 Å². The van der Waals surface area contributed by atoms with Crippen LogP contribution in [0.3, 0.4) is 0 Å². The van der Waals surface area contributed by atoms with Gasteiger partial charge < -0.3 is 5.32 Å². The van der Waals surface area contributed by atoms with Crippen molar-refractivity contribution in [3.05, 3.63) is 27.3 Å². The molecule has 1 amide bonds. The molecule has 0 atom stereocenters. The van der Waals surface area contributed by atoms with Gasteiger partial charge in [-0.25, -0.2) is 4.98 Å². The monoisotopic (exact) mass is 366 g/mol. The first-order valence-corrected chi connectivity index (χ1v) is 9.68. The summed E-state index contributed by atoms with van der Waals surface area (Å²) in [5.41, 5.74) is 0.736. The van der Waals surface area contributed by atoms with Gasteiger partial charge in [0.15, 0.2) is 15.3 Å². The fraction of sp³-hybridized carbons (Fsp3) is 0.400. The molecule has 2 aromatic heterocycles. The van der Waals surface area contributed by atoms with E-state index in [1.54, 1.807) is 6.08 Å². The normalized spacial score (nSPS) is 23.3. The fourth-order valence-corrected chi connectivity index (χ4v) is 4.76. The second-order valence-electron chi connectivity index (χ2n) is 5.63. The first kappa shape index (κ1) is 15.2. The molecular weight excluding hydrogens is 352 g/mol. The van der Waals surface area contributed by atoms with Crippen molar-refractivity contribution in [3.8, 4) is 0 Å². The number of hydrogen-bond acceptors (Lipinski definition) is 5. The highest BCUT2D eigenvalue weighted by molar-refractivity contribution is 8.18. The van der Waals surface area contributed by atoms with E-state index < -0.39 is 0 Å². The number of aromatic nitrogens is 2. The quantitative estimate of drug-likeness (QED) is 0.819. The SMILES string of the molecule is O=C1NC(=NC2CCCCC2)S/C1=C\c1c(Cl)nc2sccn12. The van der Waals surface area contributed by atoms with Crippen molar-refractivity contribution < 1.29 is 4.79 Å². The number of carbonyl (C=O) groups is 1. The number of halogens is 1. The topological polar surface area (TPSA) is 58.8 Å². The Morgan fingerprint density at radius 2 is 2.22 bits per heavy atom. The molecule has 4 rings (SSSR count). The molecule has 0 bridgehead atoms. The molecule has 23 heavy (non-hydrogen) atoms. The maximum atomic E-state index is 12.2. The van der Waals surface area contributed by atoms with Crippen molar-refractivity contribution in [2.75, 3.05) is 0 Å². The van der Waals surface area contributed by atoms with Crippen LogP contribution in [0.5, 0.6) is 0 Å². The Bertz CT molecular complexity index is 817. The summed E-state index contributed by atoms with van der Waals surface area (Å²) in [6.07, 6.45) is 9.67. The summed E-state index contributed by atoms with van der Waals surface area (Å²) in [6.45, 7) is 0. The summed E-state index contributed by atoms with van der Waals surface area (Å²) in [4.78, 5) is 22.6. The largest absolute Gasteiger partial charge is 0.301 e. The van der Waals surface area contributed by atoms with Crippen LogP contribution in [-0.2, 0) is 4.79 Å². The van der Waals surface area contributed by atoms with E-state index in [0.29, 0.717) is 21.3 Å². The van der Waals surface area contributed by atoms with Crippen LogP contribution in [0, 0.1) is 0 Å². The summed E-state index contributed by atoms with van der Waals surface area (Å²) < 4.78 is 1.89. The average molecular weight is 367 g/mol. The van der Waals surface area contributed by atoms with E-state index in [0.717, 1.165) is 23.5 Å². The second-order valence-corrected chi connectivity index (χ2v) is 7.90. The Morgan fingerprint density at radius 3 is 3.04 bits per heavy atom. The molecule has 5 nitrogen and oxygen atoms in total. The molecule has 0 radical (unpaired) electrons. The smallest absolute Gasteiger partial charge is 0.264 e. The van der Waals surface area contributed by atoms with E-state index >= 15 is 0 Å². The Morgan fingerprint density at radius 1 is 1.39 bits per heavy atom. The third-order valence-electron chi connectivity index (χ3n) is 4.05. The van der Waals surface area contributed by atoms with Gasteiger partial charge in [0.2, 0.25) is 0 Å². The number of nitrogens with zero attached hydrogens (tertiary/aromatic N) is 3. The van der Waals surface area contributed by atoms with Gasteiger partial charge in [-0.05, 0) is 30.7 Å². The molecule has 120 valence electrons. The zero-order valence-corrected chi connectivity index (χ0v) is 14.7. The number of nitrogens with one attached hydrogen (secondary N) is 1. The van der Waals surface area contributed by atoms with Crippen molar-refractivity contribution in [2.24, 2.45) is 4.99 Å². The third kappa shape index (κ3) is 3.05. The zero-order chi connectivity index (χ0) is 15.8. The number of hydrogen-bond donors (Lipinski definition) is 1. The van der Waals surface area contributed by atoms with Crippen LogP contribution in [0.4, 0.5) is 0 Å². The van der Waals surface area contributed by atoms with Crippen molar-refractivity contribution in [2.45, 2.75) is 38.1 Å². The minimum absolute atomic E-state index is 0.120. The van der Waals surface area contributed by atoms with Crippen LogP contribution in [0.25, 0.3) is 11.0 Å². The van der Waals surface area contributed by atoms with Crippen LogP contribution >= 0.6 is 34.7 Å². The summed E-state index contributed by atoms with van der Waals surface area (Å²) in [5.74, 6) is -0.120. The second kappa shape index (κ2) is 6.30. The Hall–Kier alpha value is -1.31. The van der Waals surface area contributed by atoms with Gasteiger partial charge in [-0.1, -0.05) is 30.9 Å². The number of carbonyl (C=O) groups excluding carboxylic acids is 1. The number of thioether (sulfide) groups is 1. The molecule has 0 aromatic carbocycles. The van der Waals surface area contributed by atoms with Gasteiger partial charge >= 0.3 is 0 Å². The number of fused-ring (bicyclic) bond motifs is 1. The van der Waals surface area contributed by atoms with E-state index in [2.05, 4.69) is 10.3 Å². The van der Waals surface area contributed by atoms with Gasteiger partial charge in [-0.15, -0.1) is 11.3 Å². The van der Waals surface area contributed by atoms with Crippen LogP contribution < -0.4 is 5.32 Å². The standard InChI is InChI=1S/C15H15ClN4OS2/c16-12-10(20-6-7-22-15(20)18-12)8-11-13(21)19-14(23-11)17-9-4-2-1-3-5-9/h6-9H,1-5H2,(H,17,19,21)/b11-8-. The molecule has 3 heterocycles. The highest BCUT2D eigenvalue weighted by atomic mass is 35.5. The number of thiazole rings is 1. The minimum Gasteiger partial charge on any atom is -0.301 e. The molecule has 1 saturated carbocycles. The maximum absolute atomic E-state index is 12.2. The molecule has 2 aliphatic rings. The van der Waals surface area contributed by atoms with Gasteiger partial charge in [0.05, 0.1) is 16.6 Å². The first-order chi connectivity index (χ1) is 11.2. The van der Waals surface area contributed by atoms with E-state index in [1.807, 2.05) is 16.0 Å². The van der Waals surface area contributed by atoms with Crippen LogP contribution in [0.1, 0.15) is 37.8 Å². The van der Waals surface area contributed by atoms with Gasteiger partial charge in [-0.2, -0.15) is 0 Å². The van der Waals surface area contributed by atoms with Crippen LogP contribution in [0.15, 0.2) is 21.5 Å². The molecule has 2 fully saturated rings. The predicted molar refractivity (Wildman–Crippen MR) is 96.1 cm³/mol. The highest BCUT2D eigenvalue weighted by Gasteiger charge is 2.26. The number of imidazole rings is 1. The van der Waals surface area contributed by atoms with Crippen molar-refractivity contribution >= 4 is 56.8 Å². The molecule has 0 spiro atoms.